The number of aliphatic carboxylic acids is 2. The molecule has 446 valence electrons. The number of amides is 8. The highest BCUT2D eigenvalue weighted by molar-refractivity contribution is 6.03. The van der Waals surface area contributed by atoms with Crippen molar-refractivity contribution in [1.82, 2.24) is 36.8 Å². The van der Waals surface area contributed by atoms with Crippen LogP contribution < -0.4 is 31.9 Å². The summed E-state index contributed by atoms with van der Waals surface area (Å²) in [5, 5.41) is 34.6. The van der Waals surface area contributed by atoms with Gasteiger partial charge in [-0.1, -0.05) is 96.8 Å². The summed E-state index contributed by atoms with van der Waals surface area (Å²) in [4.78, 5) is 121. The van der Waals surface area contributed by atoms with E-state index in [0.717, 1.165) is 56.3 Å². The fourth-order valence-electron chi connectivity index (χ4n) is 9.11. The number of nitrogens with zero attached hydrogens (tertiary/aromatic N) is 1. The number of carbonyl (C=O) groups is 10. The van der Waals surface area contributed by atoms with Crippen LogP contribution in [0.2, 0.25) is 0 Å². The van der Waals surface area contributed by atoms with Crippen molar-refractivity contribution < 1.29 is 77.1 Å². The van der Waals surface area contributed by atoms with Crippen LogP contribution in [-0.4, -0.2) is 172 Å². The van der Waals surface area contributed by atoms with Crippen LogP contribution >= 0.6 is 0 Å². The first-order valence-electron chi connectivity index (χ1n) is 28.9. The van der Waals surface area contributed by atoms with Gasteiger partial charge >= 0.3 is 11.9 Å². The highest BCUT2D eigenvalue weighted by Gasteiger charge is 2.35. The lowest BCUT2D eigenvalue weighted by Crippen LogP contribution is -2.45. The highest BCUT2D eigenvalue weighted by atomic mass is 16.5. The molecule has 1 saturated heterocycles. The molecule has 23 nitrogen and oxygen atoms in total. The number of carboxylic acids is 2. The number of carbonyl (C=O) groups excluding carboxylic acids is 8. The molecular formula is C55H95N7O16. The minimum absolute atomic E-state index is 0.0139. The smallest absolute Gasteiger partial charge is 0.326 e. The highest BCUT2D eigenvalue weighted by Crippen LogP contribution is 2.29. The maximum Gasteiger partial charge on any atom is 0.326 e. The van der Waals surface area contributed by atoms with Gasteiger partial charge < -0.3 is 61.1 Å². The molecule has 2 aliphatic rings. The van der Waals surface area contributed by atoms with Crippen molar-refractivity contribution in [3.63, 3.8) is 0 Å². The summed E-state index contributed by atoms with van der Waals surface area (Å²) in [6.07, 6.45) is 22.1. The number of unbranched alkanes of at least 4 members (excludes halogenated alkanes) is 15. The Balaban J connectivity index is 1.35. The minimum atomic E-state index is -1.21. The van der Waals surface area contributed by atoms with Crippen LogP contribution in [0.25, 0.3) is 0 Å². The molecule has 78 heavy (non-hydrogen) atoms. The van der Waals surface area contributed by atoms with Gasteiger partial charge in [-0.25, -0.2) is 4.79 Å². The zero-order valence-electron chi connectivity index (χ0n) is 46.7. The summed E-state index contributed by atoms with van der Waals surface area (Å²) in [5.41, 5.74) is 0. The molecule has 2 rings (SSSR count). The quantitative estimate of drug-likeness (QED) is 0.0318. The molecule has 8 N–H and O–H groups in total. The van der Waals surface area contributed by atoms with E-state index in [9.17, 15) is 53.1 Å². The number of carboxylic acid groups (broad SMARTS) is 2. The van der Waals surface area contributed by atoms with Gasteiger partial charge in [-0.15, -0.1) is 0 Å². The van der Waals surface area contributed by atoms with Crippen molar-refractivity contribution in [2.24, 2.45) is 17.8 Å². The molecule has 1 aliphatic heterocycles. The SMILES string of the molecule is CC1CC(=O)N(CCC(=O)NCCNC(=O)COCCOCCNC(=O)COCCOCCNC(=O)CC[C@H](NC(=O)[C@H]2CC[C@H](CNC(=O)CCCCCCCCCCCCCCCCCCC(=O)O)CC2)C(=O)O)C1=O. The first-order valence-corrected chi connectivity index (χ1v) is 28.9. The molecular weight excluding hydrogens is 1010 g/mol. The van der Waals surface area contributed by atoms with Gasteiger partial charge in [0.1, 0.15) is 19.3 Å². The number of hydrogen-bond donors (Lipinski definition) is 8. The van der Waals surface area contributed by atoms with Crippen molar-refractivity contribution >= 4 is 59.2 Å². The standard InChI is InChI=1S/C55H95N7O16/c1-42-38-51(68)62(54(42)72)31-26-48(65)56-27-28-57-49(66)40-77-36-35-76-33-30-59-50(67)41-78-37-34-75-32-29-58-47(64)25-24-45(55(73)74)61-53(71)44-22-20-43(21-23-44)39-60-46(63)18-16-14-12-10-8-6-4-2-3-5-7-9-11-13-15-17-19-52(69)70/h42-45H,2-41H2,1H3,(H,56,65)(H,57,66)(H,58,64)(H,59,67)(H,60,63)(H,61,71)(H,69,70)(H,73,74)/t42?,43-,44-,45-/m0/s1. The van der Waals surface area contributed by atoms with Gasteiger partial charge in [0.05, 0.1) is 39.6 Å². The summed E-state index contributed by atoms with van der Waals surface area (Å²) in [5.74, 6) is -4.60. The number of nitrogens with one attached hydrogen (secondary N) is 6. The van der Waals surface area contributed by atoms with Crippen LogP contribution in [0.5, 0.6) is 0 Å². The van der Waals surface area contributed by atoms with Gasteiger partial charge in [0.15, 0.2) is 0 Å². The van der Waals surface area contributed by atoms with Gasteiger partial charge in [0.25, 0.3) is 0 Å². The molecule has 1 aliphatic carbocycles. The second kappa shape index (κ2) is 44.6. The second-order valence-electron chi connectivity index (χ2n) is 20.5. The topological polar surface area (TPSA) is 324 Å². The molecule has 0 radical (unpaired) electrons. The van der Waals surface area contributed by atoms with E-state index in [4.69, 9.17) is 24.1 Å². The van der Waals surface area contributed by atoms with Gasteiger partial charge in [0, 0.05) is 83.2 Å². The van der Waals surface area contributed by atoms with Crippen molar-refractivity contribution in [3.8, 4) is 0 Å². The van der Waals surface area contributed by atoms with Crippen molar-refractivity contribution in [2.75, 3.05) is 92.1 Å². The van der Waals surface area contributed by atoms with E-state index in [1.54, 1.807) is 6.92 Å². The van der Waals surface area contributed by atoms with Gasteiger partial charge in [-0.2, -0.15) is 0 Å². The van der Waals surface area contributed by atoms with Gasteiger partial charge in [-0.3, -0.25) is 48.1 Å². The van der Waals surface area contributed by atoms with Crippen molar-refractivity contribution in [2.45, 2.75) is 180 Å². The Morgan fingerprint density at radius 3 is 1.44 bits per heavy atom. The van der Waals surface area contributed by atoms with Gasteiger partial charge in [0.2, 0.25) is 47.3 Å². The molecule has 1 heterocycles. The minimum Gasteiger partial charge on any atom is -0.481 e. The normalized spacial score (nSPS) is 16.6. The Kier molecular flexibility index (Phi) is 39.3. The van der Waals surface area contributed by atoms with Crippen LogP contribution in [0.3, 0.4) is 0 Å². The molecule has 0 spiro atoms. The van der Waals surface area contributed by atoms with E-state index >= 15 is 0 Å². The number of hydrogen-bond acceptors (Lipinski definition) is 14. The van der Waals surface area contributed by atoms with Crippen LogP contribution in [0.15, 0.2) is 0 Å². The zero-order valence-corrected chi connectivity index (χ0v) is 46.7. The van der Waals surface area contributed by atoms with E-state index in [1.165, 1.54) is 64.2 Å². The lowest BCUT2D eigenvalue weighted by Gasteiger charge is -2.28. The van der Waals surface area contributed by atoms with Crippen LogP contribution in [0, 0.1) is 17.8 Å². The summed E-state index contributed by atoms with van der Waals surface area (Å²) in [7, 11) is 0. The maximum absolute atomic E-state index is 13.0. The average Bonchev–Trinajstić information content (AvgIpc) is 3.66. The Labute approximate surface area is 461 Å². The van der Waals surface area contributed by atoms with E-state index in [0.29, 0.717) is 25.8 Å². The molecule has 0 aromatic heterocycles. The molecule has 2 fully saturated rings. The van der Waals surface area contributed by atoms with Crippen LogP contribution in [0.4, 0.5) is 0 Å². The number of imide groups is 1. The third-order valence-electron chi connectivity index (χ3n) is 13.8. The number of rotatable bonds is 49. The van der Waals surface area contributed by atoms with Crippen LogP contribution in [-0.2, 0) is 66.9 Å². The fraction of sp³-hybridized carbons (Fsp3) is 0.818. The molecule has 0 aromatic carbocycles. The average molecular weight is 1110 g/mol. The van der Waals surface area contributed by atoms with E-state index in [1.807, 2.05) is 0 Å². The Morgan fingerprint density at radius 2 is 0.949 bits per heavy atom. The van der Waals surface area contributed by atoms with Crippen molar-refractivity contribution in [1.29, 1.82) is 0 Å². The van der Waals surface area contributed by atoms with Crippen LogP contribution in [0.1, 0.15) is 174 Å². The van der Waals surface area contributed by atoms with Gasteiger partial charge in [-0.05, 0) is 50.9 Å². The Hall–Kier alpha value is -5.26. The monoisotopic (exact) mass is 1110 g/mol. The molecule has 1 saturated carbocycles. The molecule has 0 bridgehead atoms. The lowest BCUT2D eigenvalue weighted by atomic mass is 9.81. The van der Waals surface area contributed by atoms with E-state index in [-0.39, 0.29) is 183 Å². The molecule has 23 heteroatoms. The Bertz CT molecular complexity index is 1780. The second-order valence-corrected chi connectivity index (χ2v) is 20.5. The fourth-order valence-corrected chi connectivity index (χ4v) is 9.11. The summed E-state index contributed by atoms with van der Waals surface area (Å²) >= 11 is 0. The number of ether oxygens (including phenoxy) is 4. The summed E-state index contributed by atoms with van der Waals surface area (Å²) < 4.78 is 21.4. The van der Waals surface area contributed by atoms with Crippen molar-refractivity contribution in [3.05, 3.63) is 0 Å². The summed E-state index contributed by atoms with van der Waals surface area (Å²) in [6, 6.07) is -1.20. The predicted octanol–water partition coefficient (Wildman–Crippen LogP) is 3.68. The first-order chi connectivity index (χ1) is 37.7. The third kappa shape index (κ3) is 36.0. The first kappa shape index (κ1) is 68.8. The largest absolute Gasteiger partial charge is 0.481 e. The predicted molar refractivity (Wildman–Crippen MR) is 288 cm³/mol. The molecule has 2 atom stereocenters. The molecule has 0 aromatic rings. The zero-order chi connectivity index (χ0) is 57.0. The summed E-state index contributed by atoms with van der Waals surface area (Å²) in [6.45, 7) is 3.64. The lowest BCUT2D eigenvalue weighted by molar-refractivity contribution is -0.143. The Morgan fingerprint density at radius 1 is 0.513 bits per heavy atom. The van der Waals surface area contributed by atoms with E-state index < -0.39 is 18.0 Å². The van der Waals surface area contributed by atoms with E-state index in [2.05, 4.69) is 31.9 Å². The molecule has 8 amide bonds. The molecule has 1 unspecified atom stereocenters. The maximum atomic E-state index is 13.0. The third-order valence-corrected chi connectivity index (χ3v) is 13.8. The number of likely N-dealkylation sites (tertiary alicyclic amines) is 1.